The van der Waals surface area contributed by atoms with Crippen LogP contribution >= 0.6 is 11.8 Å². The van der Waals surface area contributed by atoms with E-state index in [9.17, 15) is 14.9 Å². The second kappa shape index (κ2) is 6.80. The Hall–Kier alpha value is -1.76. The first-order chi connectivity index (χ1) is 10.0. The van der Waals surface area contributed by atoms with Crippen LogP contribution in [0, 0.1) is 10.1 Å². The monoisotopic (exact) mass is 310 g/mol. The first kappa shape index (κ1) is 15.6. The summed E-state index contributed by atoms with van der Waals surface area (Å²) in [7, 11) is 0. The Morgan fingerprint density at radius 2 is 2.05 bits per heavy atom. The van der Waals surface area contributed by atoms with Gasteiger partial charge in [-0.3, -0.25) is 10.1 Å². The lowest BCUT2D eigenvalue weighted by Gasteiger charge is -2.28. The second-order valence-corrected chi connectivity index (χ2v) is 6.26. The maximum Gasteiger partial charge on any atom is 0.342 e. The number of para-hydroxylation sites is 1. The van der Waals surface area contributed by atoms with Crippen LogP contribution in [0.5, 0.6) is 0 Å². The molecule has 0 heterocycles. The molecule has 2 N–H and O–H groups in total. The molecule has 0 radical (unpaired) electrons. The number of carboxylic acid groups (broad SMARTS) is 1. The molecule has 1 saturated carbocycles. The predicted octanol–water partition coefficient (Wildman–Crippen LogP) is 3.38. The van der Waals surface area contributed by atoms with Crippen LogP contribution in [0.2, 0.25) is 0 Å². The van der Waals surface area contributed by atoms with Gasteiger partial charge in [-0.25, -0.2) is 4.79 Å². The molecule has 1 aromatic carbocycles. The van der Waals surface area contributed by atoms with Crippen LogP contribution < -0.4 is 5.32 Å². The molecule has 114 valence electrons. The van der Waals surface area contributed by atoms with Crippen molar-refractivity contribution in [3.63, 3.8) is 0 Å². The minimum Gasteiger partial charge on any atom is -0.477 e. The average Bonchev–Trinajstić information content (AvgIpc) is 2.47. The number of benzene rings is 1. The SMILES string of the molecule is CSC1CCC(Nc2cccc(C(=O)O)c2[N+](=O)[O-])CC1. The largest absolute Gasteiger partial charge is 0.477 e. The third-order valence-electron chi connectivity index (χ3n) is 3.82. The minimum absolute atomic E-state index is 0.163. The molecule has 2 rings (SSSR count). The number of carboxylic acids is 1. The zero-order valence-corrected chi connectivity index (χ0v) is 12.6. The summed E-state index contributed by atoms with van der Waals surface area (Å²) in [6.07, 6.45) is 6.13. The highest BCUT2D eigenvalue weighted by Gasteiger charge is 2.27. The van der Waals surface area contributed by atoms with Crippen molar-refractivity contribution in [1.82, 2.24) is 0 Å². The van der Waals surface area contributed by atoms with Gasteiger partial charge >= 0.3 is 11.7 Å². The van der Waals surface area contributed by atoms with E-state index in [1.807, 2.05) is 11.8 Å². The Morgan fingerprint density at radius 3 is 2.57 bits per heavy atom. The van der Waals surface area contributed by atoms with Gasteiger partial charge < -0.3 is 10.4 Å². The van der Waals surface area contributed by atoms with Gasteiger partial charge in [-0.05, 0) is 44.1 Å². The summed E-state index contributed by atoms with van der Waals surface area (Å²) in [5.74, 6) is -1.28. The molecule has 0 saturated heterocycles. The van der Waals surface area contributed by atoms with Gasteiger partial charge in [0.05, 0.1) is 4.92 Å². The molecule has 0 amide bonds. The number of rotatable bonds is 5. The van der Waals surface area contributed by atoms with E-state index in [-0.39, 0.29) is 17.3 Å². The normalized spacial score (nSPS) is 21.8. The molecule has 1 aliphatic rings. The lowest BCUT2D eigenvalue weighted by molar-refractivity contribution is -0.384. The van der Waals surface area contributed by atoms with Crippen LogP contribution in [-0.2, 0) is 0 Å². The van der Waals surface area contributed by atoms with Crippen molar-refractivity contribution >= 4 is 29.1 Å². The Balaban J connectivity index is 2.19. The molecule has 0 spiro atoms. The van der Waals surface area contributed by atoms with Crippen molar-refractivity contribution in [2.45, 2.75) is 37.0 Å². The fourth-order valence-corrected chi connectivity index (χ4v) is 3.44. The molecule has 1 fully saturated rings. The minimum atomic E-state index is -1.28. The third kappa shape index (κ3) is 3.66. The van der Waals surface area contributed by atoms with Gasteiger partial charge in [0.15, 0.2) is 0 Å². The molecule has 1 aliphatic carbocycles. The number of thioether (sulfide) groups is 1. The van der Waals surface area contributed by atoms with Gasteiger partial charge in [-0.1, -0.05) is 6.07 Å². The molecule has 0 unspecified atom stereocenters. The van der Waals surface area contributed by atoms with Crippen LogP contribution in [0.4, 0.5) is 11.4 Å². The van der Waals surface area contributed by atoms with E-state index in [1.165, 1.54) is 12.1 Å². The van der Waals surface area contributed by atoms with E-state index in [1.54, 1.807) is 6.07 Å². The fourth-order valence-electron chi connectivity index (χ4n) is 2.69. The molecular formula is C14H18N2O4S. The van der Waals surface area contributed by atoms with Gasteiger partial charge in [0.2, 0.25) is 0 Å². The second-order valence-electron chi connectivity index (χ2n) is 5.12. The highest BCUT2D eigenvalue weighted by molar-refractivity contribution is 7.99. The van der Waals surface area contributed by atoms with Gasteiger partial charge in [-0.15, -0.1) is 0 Å². The first-order valence-corrected chi connectivity index (χ1v) is 8.11. The summed E-state index contributed by atoms with van der Waals surface area (Å²) < 4.78 is 0. The fraction of sp³-hybridized carbons (Fsp3) is 0.500. The van der Waals surface area contributed by atoms with Crippen molar-refractivity contribution in [1.29, 1.82) is 0 Å². The van der Waals surface area contributed by atoms with Crippen LogP contribution in [-0.4, -0.2) is 33.5 Å². The molecule has 7 heteroatoms. The summed E-state index contributed by atoms with van der Waals surface area (Å²) in [6.45, 7) is 0. The Kier molecular flexibility index (Phi) is 5.06. The first-order valence-electron chi connectivity index (χ1n) is 6.83. The lowest BCUT2D eigenvalue weighted by atomic mass is 9.94. The molecule has 0 bridgehead atoms. The van der Waals surface area contributed by atoms with E-state index in [2.05, 4.69) is 11.6 Å². The van der Waals surface area contributed by atoms with Crippen LogP contribution in [0.15, 0.2) is 18.2 Å². The molecule has 0 atom stereocenters. The number of nitro benzene ring substituents is 1. The summed E-state index contributed by atoms with van der Waals surface area (Å²) in [4.78, 5) is 21.7. The van der Waals surface area contributed by atoms with E-state index in [4.69, 9.17) is 5.11 Å². The van der Waals surface area contributed by atoms with Crippen LogP contribution in [0.25, 0.3) is 0 Å². The van der Waals surface area contributed by atoms with E-state index < -0.39 is 10.9 Å². The predicted molar refractivity (Wildman–Crippen MR) is 83.2 cm³/mol. The zero-order chi connectivity index (χ0) is 15.4. The standard InChI is InChI=1S/C14H18N2O4S/c1-21-10-7-5-9(6-8-10)15-12-4-2-3-11(14(17)18)13(12)16(19)20/h2-4,9-10,15H,5-8H2,1H3,(H,17,18). The number of nitro groups is 1. The maximum absolute atomic E-state index is 11.2. The van der Waals surface area contributed by atoms with Crippen molar-refractivity contribution < 1.29 is 14.8 Å². The lowest BCUT2D eigenvalue weighted by Crippen LogP contribution is -2.27. The highest BCUT2D eigenvalue weighted by Crippen LogP contribution is 2.33. The van der Waals surface area contributed by atoms with Crippen molar-refractivity contribution in [3.05, 3.63) is 33.9 Å². The van der Waals surface area contributed by atoms with Gasteiger partial charge in [0.25, 0.3) is 0 Å². The van der Waals surface area contributed by atoms with Gasteiger partial charge in [0.1, 0.15) is 11.3 Å². The maximum atomic E-state index is 11.2. The smallest absolute Gasteiger partial charge is 0.342 e. The number of hydrogen-bond acceptors (Lipinski definition) is 5. The zero-order valence-electron chi connectivity index (χ0n) is 11.7. The third-order valence-corrected chi connectivity index (χ3v) is 4.95. The van der Waals surface area contributed by atoms with Gasteiger partial charge in [0, 0.05) is 11.3 Å². The van der Waals surface area contributed by atoms with Gasteiger partial charge in [-0.2, -0.15) is 11.8 Å². The van der Waals surface area contributed by atoms with E-state index >= 15 is 0 Å². The number of nitrogens with one attached hydrogen (secondary N) is 1. The molecule has 0 aromatic heterocycles. The number of anilines is 1. The summed E-state index contributed by atoms with van der Waals surface area (Å²) in [5.41, 5.74) is -0.327. The quantitative estimate of drug-likeness (QED) is 0.640. The molecular weight excluding hydrogens is 292 g/mol. The van der Waals surface area contributed by atoms with E-state index in [0.29, 0.717) is 10.9 Å². The molecule has 6 nitrogen and oxygen atoms in total. The van der Waals surface area contributed by atoms with Crippen LogP contribution in [0.3, 0.4) is 0 Å². The Morgan fingerprint density at radius 1 is 1.38 bits per heavy atom. The topological polar surface area (TPSA) is 92.5 Å². The average molecular weight is 310 g/mol. The van der Waals surface area contributed by atoms with Crippen molar-refractivity contribution in [2.75, 3.05) is 11.6 Å². The summed E-state index contributed by atoms with van der Waals surface area (Å²) in [6, 6.07) is 4.53. The number of nitrogens with zero attached hydrogens (tertiary/aromatic N) is 1. The number of hydrogen-bond donors (Lipinski definition) is 2. The number of aromatic carboxylic acids is 1. The molecule has 21 heavy (non-hydrogen) atoms. The van der Waals surface area contributed by atoms with Crippen LogP contribution in [0.1, 0.15) is 36.0 Å². The Bertz CT molecular complexity index is 542. The summed E-state index contributed by atoms with van der Waals surface area (Å²) >= 11 is 1.85. The van der Waals surface area contributed by atoms with Crippen molar-refractivity contribution in [2.24, 2.45) is 0 Å². The molecule has 1 aromatic rings. The van der Waals surface area contributed by atoms with Crippen molar-refractivity contribution in [3.8, 4) is 0 Å². The highest BCUT2D eigenvalue weighted by atomic mass is 32.2. The number of carbonyl (C=O) groups is 1. The van der Waals surface area contributed by atoms with E-state index in [0.717, 1.165) is 25.7 Å². The Labute approximate surface area is 127 Å². The summed E-state index contributed by atoms with van der Waals surface area (Å²) in [5, 5.41) is 24.1. The molecule has 0 aliphatic heterocycles.